The van der Waals surface area contributed by atoms with Crippen molar-refractivity contribution in [2.75, 3.05) is 19.0 Å². The van der Waals surface area contributed by atoms with Crippen LogP contribution in [0.25, 0.3) is 5.65 Å². The Morgan fingerprint density at radius 2 is 1.74 bits per heavy atom. The number of amides is 3. The maximum atomic E-state index is 13.5. The monoisotopic (exact) mass is 585 g/mol. The number of benzene rings is 2. The van der Waals surface area contributed by atoms with E-state index in [4.69, 9.17) is 9.47 Å². The molecule has 0 fully saturated rings. The van der Waals surface area contributed by atoms with E-state index in [1.165, 1.54) is 7.11 Å². The van der Waals surface area contributed by atoms with Crippen LogP contribution >= 0.6 is 0 Å². The first kappa shape index (κ1) is 30.8. The maximum Gasteiger partial charge on any atom is 0.407 e. The molecule has 2 heterocycles. The number of aryl methyl sites for hydroxylation is 2. The minimum Gasteiger partial charge on any atom is -0.469 e. The smallest absolute Gasteiger partial charge is 0.407 e. The quantitative estimate of drug-likeness (QED) is 0.158. The topological polar surface area (TPSA) is 140 Å². The summed E-state index contributed by atoms with van der Waals surface area (Å²) in [6, 6.07) is 19.3. The number of anilines is 1. The first-order chi connectivity index (χ1) is 20.8. The van der Waals surface area contributed by atoms with E-state index in [2.05, 4.69) is 20.9 Å². The van der Waals surface area contributed by atoms with Gasteiger partial charge in [0.05, 0.1) is 7.11 Å². The molecule has 3 N–H and O–H groups in total. The molecule has 0 aliphatic carbocycles. The fraction of sp³-hybridized carbons (Fsp3) is 0.281. The predicted molar refractivity (Wildman–Crippen MR) is 160 cm³/mol. The van der Waals surface area contributed by atoms with Gasteiger partial charge in [0.2, 0.25) is 5.91 Å². The first-order valence-electron chi connectivity index (χ1n) is 14.0. The molecule has 3 amide bonds. The highest BCUT2D eigenvalue weighted by Crippen LogP contribution is 2.18. The Kier molecular flexibility index (Phi) is 10.8. The van der Waals surface area contributed by atoms with Gasteiger partial charge in [0.15, 0.2) is 0 Å². The zero-order valence-electron chi connectivity index (χ0n) is 24.2. The van der Waals surface area contributed by atoms with Gasteiger partial charge in [-0.1, -0.05) is 54.6 Å². The summed E-state index contributed by atoms with van der Waals surface area (Å²) in [4.78, 5) is 55.0. The highest BCUT2D eigenvalue weighted by molar-refractivity contribution is 6.01. The lowest BCUT2D eigenvalue weighted by Gasteiger charge is -2.19. The number of aromatic nitrogens is 2. The molecule has 43 heavy (non-hydrogen) atoms. The number of rotatable bonds is 13. The molecule has 0 unspecified atom stereocenters. The molecule has 224 valence electrons. The number of pyridine rings is 1. The average molecular weight is 586 g/mol. The molecule has 4 rings (SSSR count). The van der Waals surface area contributed by atoms with Gasteiger partial charge in [-0.15, -0.1) is 0 Å². The van der Waals surface area contributed by atoms with Crippen molar-refractivity contribution in [2.24, 2.45) is 0 Å². The SMILES string of the molecule is COC(=O)CCc1ccccc1NC(=O)[C@H](CCCNC(=O)OCc1ccccc1)NC(=O)c1cn2cccc(C)c2n1. The number of imidazole rings is 1. The number of hydrogen-bond donors (Lipinski definition) is 3. The largest absolute Gasteiger partial charge is 0.469 e. The number of methoxy groups -OCH3 is 1. The van der Waals surface area contributed by atoms with Crippen molar-refractivity contribution in [3.05, 3.63) is 102 Å². The molecule has 0 saturated carbocycles. The minimum absolute atomic E-state index is 0.141. The molecular formula is C32H35N5O6. The van der Waals surface area contributed by atoms with Crippen LogP contribution in [0.2, 0.25) is 0 Å². The van der Waals surface area contributed by atoms with E-state index in [1.54, 1.807) is 28.9 Å². The van der Waals surface area contributed by atoms with Crippen LogP contribution in [-0.2, 0) is 32.1 Å². The molecule has 4 aromatic rings. The number of nitrogens with zero attached hydrogens (tertiary/aromatic N) is 2. The van der Waals surface area contributed by atoms with E-state index in [0.717, 1.165) is 16.7 Å². The lowest BCUT2D eigenvalue weighted by molar-refractivity contribution is -0.140. The van der Waals surface area contributed by atoms with Gasteiger partial charge in [0.25, 0.3) is 5.91 Å². The summed E-state index contributed by atoms with van der Waals surface area (Å²) in [5, 5.41) is 8.37. The van der Waals surface area contributed by atoms with E-state index in [9.17, 15) is 19.2 Å². The Morgan fingerprint density at radius 1 is 0.977 bits per heavy atom. The third-order valence-electron chi connectivity index (χ3n) is 6.79. The molecule has 0 aliphatic rings. The second kappa shape index (κ2) is 15.2. The summed E-state index contributed by atoms with van der Waals surface area (Å²) in [5.74, 6) is -1.30. The lowest BCUT2D eigenvalue weighted by Crippen LogP contribution is -2.44. The van der Waals surface area contributed by atoms with Gasteiger partial charge >= 0.3 is 12.1 Å². The number of esters is 1. The van der Waals surface area contributed by atoms with Crippen LogP contribution in [0.4, 0.5) is 10.5 Å². The molecule has 0 spiro atoms. The predicted octanol–water partition coefficient (Wildman–Crippen LogP) is 4.19. The number of ether oxygens (including phenoxy) is 2. The van der Waals surface area contributed by atoms with E-state index >= 15 is 0 Å². The van der Waals surface area contributed by atoms with Gasteiger partial charge in [-0.3, -0.25) is 14.4 Å². The number of carbonyl (C=O) groups is 4. The van der Waals surface area contributed by atoms with Crippen molar-refractivity contribution in [3.63, 3.8) is 0 Å². The van der Waals surface area contributed by atoms with Crippen LogP contribution in [0, 0.1) is 6.92 Å². The summed E-state index contributed by atoms with van der Waals surface area (Å²) in [6.07, 6.45) is 3.97. The molecule has 0 aliphatic heterocycles. The molecule has 0 bridgehead atoms. The maximum absolute atomic E-state index is 13.5. The Labute approximate surface area is 249 Å². The zero-order valence-corrected chi connectivity index (χ0v) is 24.2. The summed E-state index contributed by atoms with van der Waals surface area (Å²) >= 11 is 0. The van der Waals surface area contributed by atoms with Crippen molar-refractivity contribution >= 4 is 35.2 Å². The Balaban J connectivity index is 1.41. The number of fused-ring (bicyclic) bond motifs is 1. The van der Waals surface area contributed by atoms with Crippen LogP contribution in [0.1, 0.15) is 46.4 Å². The Morgan fingerprint density at radius 3 is 2.51 bits per heavy atom. The van der Waals surface area contributed by atoms with Crippen LogP contribution in [0.5, 0.6) is 0 Å². The van der Waals surface area contributed by atoms with Crippen molar-refractivity contribution in [1.82, 2.24) is 20.0 Å². The van der Waals surface area contributed by atoms with E-state index < -0.39 is 23.9 Å². The van der Waals surface area contributed by atoms with Gasteiger partial charge in [-0.25, -0.2) is 9.78 Å². The van der Waals surface area contributed by atoms with Crippen molar-refractivity contribution in [1.29, 1.82) is 0 Å². The van der Waals surface area contributed by atoms with Gasteiger partial charge in [-0.2, -0.15) is 0 Å². The molecule has 0 radical (unpaired) electrons. The van der Waals surface area contributed by atoms with Crippen LogP contribution in [0.3, 0.4) is 0 Å². The number of carbonyl (C=O) groups excluding carboxylic acids is 4. The fourth-order valence-electron chi connectivity index (χ4n) is 4.45. The molecule has 0 saturated heterocycles. The average Bonchev–Trinajstić information content (AvgIpc) is 3.47. The zero-order chi connectivity index (χ0) is 30.6. The first-order valence-corrected chi connectivity index (χ1v) is 14.0. The van der Waals surface area contributed by atoms with Gasteiger partial charge in [0, 0.05) is 31.0 Å². The highest BCUT2D eigenvalue weighted by Gasteiger charge is 2.24. The number of para-hydroxylation sites is 1. The molecule has 1 atom stereocenters. The lowest BCUT2D eigenvalue weighted by atomic mass is 10.1. The number of hydrogen-bond acceptors (Lipinski definition) is 7. The molecular weight excluding hydrogens is 550 g/mol. The van der Waals surface area contributed by atoms with Crippen LogP contribution < -0.4 is 16.0 Å². The van der Waals surface area contributed by atoms with E-state index in [-0.39, 0.29) is 37.7 Å². The fourth-order valence-corrected chi connectivity index (χ4v) is 4.45. The van der Waals surface area contributed by atoms with Crippen LogP contribution in [-0.4, -0.2) is 53.0 Å². The third kappa shape index (κ3) is 8.90. The summed E-state index contributed by atoms with van der Waals surface area (Å²) in [6.45, 7) is 2.27. The van der Waals surface area contributed by atoms with Crippen LogP contribution in [0.15, 0.2) is 79.1 Å². The summed E-state index contributed by atoms with van der Waals surface area (Å²) in [7, 11) is 1.32. The Bertz CT molecular complexity index is 1570. The molecule has 2 aromatic heterocycles. The van der Waals surface area contributed by atoms with E-state index in [0.29, 0.717) is 24.2 Å². The van der Waals surface area contributed by atoms with Crippen molar-refractivity contribution in [2.45, 2.75) is 45.3 Å². The molecule has 2 aromatic carbocycles. The Hall–Kier alpha value is -5.19. The third-order valence-corrected chi connectivity index (χ3v) is 6.79. The number of nitrogens with one attached hydrogen (secondary N) is 3. The van der Waals surface area contributed by atoms with Crippen molar-refractivity contribution in [3.8, 4) is 0 Å². The second-order valence-corrected chi connectivity index (χ2v) is 9.93. The summed E-state index contributed by atoms with van der Waals surface area (Å²) < 4.78 is 11.7. The van der Waals surface area contributed by atoms with Gasteiger partial charge in [0.1, 0.15) is 24.0 Å². The van der Waals surface area contributed by atoms with E-state index in [1.807, 2.05) is 61.5 Å². The van der Waals surface area contributed by atoms with Crippen molar-refractivity contribution < 1.29 is 28.7 Å². The highest BCUT2D eigenvalue weighted by atomic mass is 16.5. The standard InChI is InChI=1S/C32H35N5O6/c1-22-10-9-19-37-20-27(34-29(22)37)31(40)36-26(15-8-18-33-32(41)43-21-23-11-4-3-5-12-23)30(39)35-25-14-7-6-13-24(25)16-17-28(38)42-2/h3-7,9-14,19-20,26H,8,15-18,21H2,1-2H3,(H,33,41)(H,35,39)(H,36,40)/t26-/m0/s1. The summed E-state index contributed by atoms with van der Waals surface area (Å²) in [5.41, 5.74) is 3.88. The minimum atomic E-state index is -0.936. The number of alkyl carbamates (subject to hydrolysis) is 1. The van der Waals surface area contributed by atoms with Gasteiger partial charge in [-0.05, 0) is 55.0 Å². The molecule has 11 nitrogen and oxygen atoms in total. The van der Waals surface area contributed by atoms with Gasteiger partial charge < -0.3 is 29.8 Å². The molecule has 11 heteroatoms. The second-order valence-electron chi connectivity index (χ2n) is 9.93. The normalized spacial score (nSPS) is 11.4.